The van der Waals surface area contributed by atoms with Crippen LogP contribution in [0, 0.1) is 5.92 Å². The van der Waals surface area contributed by atoms with E-state index in [-0.39, 0.29) is 0 Å². The van der Waals surface area contributed by atoms with Crippen molar-refractivity contribution in [3.63, 3.8) is 0 Å². The molecule has 0 aromatic rings. The van der Waals surface area contributed by atoms with Crippen LogP contribution in [-0.4, -0.2) is 18.5 Å². The van der Waals surface area contributed by atoms with E-state index in [4.69, 9.17) is 0 Å². The summed E-state index contributed by atoms with van der Waals surface area (Å²) in [6.45, 7) is 10.3. The predicted octanol–water partition coefficient (Wildman–Crippen LogP) is 3.04. The van der Waals surface area contributed by atoms with Crippen molar-refractivity contribution in [3.8, 4) is 0 Å². The highest BCUT2D eigenvalue weighted by Crippen LogP contribution is 2.47. The summed E-state index contributed by atoms with van der Waals surface area (Å²) in [5.74, 6) is 0.568. The van der Waals surface area contributed by atoms with E-state index in [9.17, 15) is 4.57 Å². The van der Waals surface area contributed by atoms with E-state index in [1.807, 2.05) is 20.5 Å². The molecule has 0 aromatic carbocycles. The summed E-state index contributed by atoms with van der Waals surface area (Å²) < 4.78 is 11.7. The van der Waals surface area contributed by atoms with Gasteiger partial charge in [-0.3, -0.25) is 0 Å². The lowest BCUT2D eigenvalue weighted by molar-refractivity contribution is 0.563. The molecule has 0 rings (SSSR count). The zero-order valence-corrected chi connectivity index (χ0v) is 8.61. The van der Waals surface area contributed by atoms with Gasteiger partial charge in [0.1, 0.15) is 0 Å². The molecule has 0 fully saturated rings. The monoisotopic (exact) mass is 162 g/mol. The lowest BCUT2D eigenvalue weighted by Crippen LogP contribution is -2.05. The standard InChI is InChI=1S/C8H19OP/c1-7(2)6-10(5,9)8(3)4/h7-8H,6H2,1-5H3. The van der Waals surface area contributed by atoms with Gasteiger partial charge in [0.05, 0.1) is 7.14 Å². The van der Waals surface area contributed by atoms with Gasteiger partial charge in [0.2, 0.25) is 0 Å². The molecule has 1 unspecified atom stereocenters. The van der Waals surface area contributed by atoms with Crippen molar-refractivity contribution in [1.29, 1.82) is 0 Å². The van der Waals surface area contributed by atoms with E-state index in [0.717, 1.165) is 6.16 Å². The quantitative estimate of drug-likeness (QED) is 0.583. The normalized spacial score (nSPS) is 17.9. The first-order chi connectivity index (χ1) is 4.36. The van der Waals surface area contributed by atoms with Crippen LogP contribution >= 0.6 is 7.14 Å². The molecule has 0 heterocycles. The molecule has 0 N–H and O–H groups in total. The lowest BCUT2D eigenvalue weighted by atomic mass is 10.3. The zero-order valence-electron chi connectivity index (χ0n) is 7.72. The van der Waals surface area contributed by atoms with Gasteiger partial charge in [-0.15, -0.1) is 0 Å². The number of hydrogen-bond acceptors (Lipinski definition) is 1. The van der Waals surface area contributed by atoms with Crippen LogP contribution in [0.5, 0.6) is 0 Å². The maximum absolute atomic E-state index is 11.7. The van der Waals surface area contributed by atoms with Gasteiger partial charge in [-0.1, -0.05) is 27.7 Å². The molecule has 1 nitrogen and oxygen atoms in total. The Morgan fingerprint density at radius 2 is 1.60 bits per heavy atom. The first kappa shape index (κ1) is 10.2. The minimum absolute atomic E-state index is 0.356. The van der Waals surface area contributed by atoms with Gasteiger partial charge < -0.3 is 4.57 Å². The second kappa shape index (κ2) is 3.57. The third kappa shape index (κ3) is 3.41. The van der Waals surface area contributed by atoms with Crippen molar-refractivity contribution in [1.82, 2.24) is 0 Å². The summed E-state index contributed by atoms with van der Waals surface area (Å²) in [5.41, 5.74) is 0.356. The van der Waals surface area contributed by atoms with Gasteiger partial charge in [-0.05, 0) is 12.6 Å². The second-order valence-corrected chi connectivity index (χ2v) is 7.59. The lowest BCUT2D eigenvalue weighted by Gasteiger charge is -2.18. The summed E-state index contributed by atoms with van der Waals surface area (Å²) in [4.78, 5) is 0. The Kier molecular flexibility index (Phi) is 3.65. The van der Waals surface area contributed by atoms with Crippen LogP contribution in [0.3, 0.4) is 0 Å². The Balaban J connectivity index is 4.01. The third-order valence-corrected chi connectivity index (χ3v) is 5.46. The van der Waals surface area contributed by atoms with E-state index >= 15 is 0 Å². The van der Waals surface area contributed by atoms with Gasteiger partial charge in [-0.2, -0.15) is 0 Å². The van der Waals surface area contributed by atoms with Crippen molar-refractivity contribution in [2.24, 2.45) is 5.92 Å². The Morgan fingerprint density at radius 1 is 1.20 bits per heavy atom. The van der Waals surface area contributed by atoms with E-state index in [0.29, 0.717) is 11.6 Å². The molecule has 0 bridgehead atoms. The molecule has 62 valence electrons. The Bertz CT molecular complexity index is 138. The highest BCUT2D eigenvalue weighted by Gasteiger charge is 2.20. The smallest absolute Gasteiger partial charge is 0.0874 e. The maximum Gasteiger partial charge on any atom is 0.0874 e. The molecular weight excluding hydrogens is 143 g/mol. The molecule has 2 heteroatoms. The average Bonchev–Trinajstić information content (AvgIpc) is 1.60. The first-order valence-electron chi connectivity index (χ1n) is 3.92. The van der Waals surface area contributed by atoms with Crippen molar-refractivity contribution in [2.75, 3.05) is 12.8 Å². The first-order valence-corrected chi connectivity index (χ1v) is 6.33. The van der Waals surface area contributed by atoms with Crippen LogP contribution in [-0.2, 0) is 4.57 Å². The Morgan fingerprint density at radius 3 is 1.70 bits per heavy atom. The molecule has 0 aliphatic rings. The van der Waals surface area contributed by atoms with Crippen molar-refractivity contribution in [2.45, 2.75) is 33.4 Å². The van der Waals surface area contributed by atoms with E-state index < -0.39 is 7.14 Å². The van der Waals surface area contributed by atoms with E-state index in [2.05, 4.69) is 13.8 Å². The molecule has 0 aliphatic carbocycles. The zero-order chi connectivity index (χ0) is 8.36. The van der Waals surface area contributed by atoms with E-state index in [1.165, 1.54) is 0 Å². The van der Waals surface area contributed by atoms with Crippen molar-refractivity contribution in [3.05, 3.63) is 0 Å². The Hall–Kier alpha value is 0.230. The van der Waals surface area contributed by atoms with Gasteiger partial charge in [0, 0.05) is 11.8 Å². The molecule has 0 aromatic heterocycles. The van der Waals surface area contributed by atoms with Crippen LogP contribution in [0.25, 0.3) is 0 Å². The largest absolute Gasteiger partial charge is 0.324 e. The molecular formula is C8H19OP. The molecule has 0 saturated carbocycles. The van der Waals surface area contributed by atoms with Gasteiger partial charge in [-0.25, -0.2) is 0 Å². The van der Waals surface area contributed by atoms with Gasteiger partial charge >= 0.3 is 0 Å². The topological polar surface area (TPSA) is 17.1 Å². The van der Waals surface area contributed by atoms with Gasteiger partial charge in [0.25, 0.3) is 0 Å². The molecule has 0 aliphatic heterocycles. The minimum atomic E-state index is -1.82. The summed E-state index contributed by atoms with van der Waals surface area (Å²) in [6, 6.07) is 0. The SMILES string of the molecule is CC(C)CP(C)(=O)C(C)C. The fourth-order valence-corrected chi connectivity index (χ4v) is 2.81. The summed E-state index contributed by atoms with van der Waals surface area (Å²) >= 11 is 0. The van der Waals surface area contributed by atoms with Crippen molar-refractivity contribution >= 4 is 7.14 Å². The fourth-order valence-electron chi connectivity index (χ4n) is 0.936. The Labute approximate surface area is 64.6 Å². The average molecular weight is 162 g/mol. The van der Waals surface area contributed by atoms with Crippen LogP contribution < -0.4 is 0 Å². The second-order valence-electron chi connectivity index (χ2n) is 3.84. The van der Waals surface area contributed by atoms with Crippen LogP contribution in [0.1, 0.15) is 27.7 Å². The van der Waals surface area contributed by atoms with Gasteiger partial charge in [0.15, 0.2) is 0 Å². The molecule has 0 spiro atoms. The summed E-state index contributed by atoms with van der Waals surface area (Å²) in [7, 11) is -1.82. The fraction of sp³-hybridized carbons (Fsp3) is 1.00. The maximum atomic E-state index is 11.7. The number of hydrogen-bond donors (Lipinski definition) is 0. The highest BCUT2D eigenvalue weighted by molar-refractivity contribution is 7.63. The van der Waals surface area contributed by atoms with Crippen LogP contribution in [0.2, 0.25) is 0 Å². The summed E-state index contributed by atoms with van der Waals surface area (Å²) in [6.07, 6.45) is 0.894. The highest BCUT2D eigenvalue weighted by atomic mass is 31.2. The minimum Gasteiger partial charge on any atom is -0.324 e. The molecule has 1 atom stereocenters. The summed E-state index contributed by atoms with van der Waals surface area (Å²) in [5, 5.41) is 0. The predicted molar refractivity (Wildman–Crippen MR) is 48.4 cm³/mol. The van der Waals surface area contributed by atoms with Crippen LogP contribution in [0.15, 0.2) is 0 Å². The van der Waals surface area contributed by atoms with E-state index in [1.54, 1.807) is 0 Å². The van der Waals surface area contributed by atoms with Crippen LogP contribution in [0.4, 0.5) is 0 Å². The molecule has 10 heavy (non-hydrogen) atoms. The molecule has 0 saturated heterocycles. The molecule has 0 radical (unpaired) electrons. The molecule has 0 amide bonds. The number of rotatable bonds is 3. The van der Waals surface area contributed by atoms with Crippen molar-refractivity contribution < 1.29 is 4.57 Å². The third-order valence-electron chi connectivity index (χ3n) is 1.82.